The lowest BCUT2D eigenvalue weighted by Crippen LogP contribution is -2.56. The average Bonchev–Trinajstić information content (AvgIpc) is 2.57. The van der Waals surface area contributed by atoms with Gasteiger partial charge in [0.15, 0.2) is 5.60 Å². The maximum atomic E-state index is 13.1. The summed E-state index contributed by atoms with van der Waals surface area (Å²) >= 11 is 0. The molecule has 0 spiro atoms. The van der Waals surface area contributed by atoms with Crippen molar-refractivity contribution < 1.29 is 14.6 Å². The second kappa shape index (κ2) is 5.72. The Morgan fingerprint density at radius 2 is 2.00 bits per heavy atom. The highest BCUT2D eigenvalue weighted by Crippen LogP contribution is 2.43. The highest BCUT2D eigenvalue weighted by atomic mass is 16.5. The Kier molecular flexibility index (Phi) is 3.98. The molecule has 1 unspecified atom stereocenters. The van der Waals surface area contributed by atoms with Crippen LogP contribution in [0, 0.1) is 20.8 Å². The van der Waals surface area contributed by atoms with Crippen LogP contribution in [-0.4, -0.2) is 41.1 Å². The number of aromatic hydroxyl groups is 1. The van der Waals surface area contributed by atoms with Gasteiger partial charge >= 0.3 is 0 Å². The molecule has 5 heteroatoms. The van der Waals surface area contributed by atoms with Crippen LogP contribution in [-0.2, 0) is 11.2 Å². The first-order chi connectivity index (χ1) is 11.2. The lowest BCUT2D eigenvalue weighted by molar-refractivity contribution is -0.148. The molecule has 24 heavy (non-hydrogen) atoms. The summed E-state index contributed by atoms with van der Waals surface area (Å²) in [6.45, 7) is 13.4. The minimum Gasteiger partial charge on any atom is -0.507 e. The van der Waals surface area contributed by atoms with Gasteiger partial charge in [0.25, 0.3) is 5.91 Å². The normalized spacial score (nSPS) is 23.3. The third kappa shape index (κ3) is 2.52. The second-order valence-corrected chi connectivity index (χ2v) is 7.12. The topological polar surface area (TPSA) is 61.8 Å². The van der Waals surface area contributed by atoms with E-state index in [2.05, 4.69) is 11.9 Å². The van der Waals surface area contributed by atoms with Crippen molar-refractivity contribution in [2.45, 2.75) is 46.1 Å². The lowest BCUT2D eigenvalue weighted by atomic mass is 9.86. The Hall–Kier alpha value is -2.17. The Labute approximate surface area is 143 Å². The summed E-state index contributed by atoms with van der Waals surface area (Å²) in [5.74, 6) is 1.11. The van der Waals surface area contributed by atoms with Crippen LogP contribution in [0.5, 0.6) is 11.5 Å². The number of hydrogen-bond donors (Lipinski definition) is 2. The molecule has 1 aromatic rings. The maximum absolute atomic E-state index is 13.1. The number of phenolic OH excluding ortho intramolecular Hbond substituents is 1. The van der Waals surface area contributed by atoms with Crippen LogP contribution < -0.4 is 10.1 Å². The monoisotopic (exact) mass is 330 g/mol. The molecule has 2 aliphatic rings. The predicted molar refractivity (Wildman–Crippen MR) is 93.4 cm³/mol. The van der Waals surface area contributed by atoms with Gasteiger partial charge in [-0.2, -0.15) is 0 Å². The van der Waals surface area contributed by atoms with Crippen molar-refractivity contribution in [3.8, 4) is 11.5 Å². The zero-order chi connectivity index (χ0) is 17.6. The van der Waals surface area contributed by atoms with E-state index >= 15 is 0 Å². The standard InChI is InChI=1S/C19H26N2O3/c1-11-10-21(9-8-20-11)18(23)19(5)7-6-15-14(4)16(22)12(2)13(3)17(15)24-19/h20,22H,1,6-10H2,2-5H3. The molecule has 0 bridgehead atoms. The molecule has 1 amide bonds. The first-order valence-electron chi connectivity index (χ1n) is 8.46. The molecule has 3 rings (SSSR count). The van der Waals surface area contributed by atoms with Crippen molar-refractivity contribution >= 4 is 5.91 Å². The van der Waals surface area contributed by atoms with E-state index in [-0.39, 0.29) is 5.91 Å². The molecule has 0 radical (unpaired) electrons. The highest BCUT2D eigenvalue weighted by Gasteiger charge is 2.43. The van der Waals surface area contributed by atoms with E-state index in [4.69, 9.17) is 4.74 Å². The number of piperazine rings is 1. The number of nitrogens with zero attached hydrogens (tertiary/aromatic N) is 1. The lowest BCUT2D eigenvalue weighted by Gasteiger charge is -2.41. The number of phenols is 1. The molecule has 1 aromatic carbocycles. The first kappa shape index (κ1) is 16.7. The van der Waals surface area contributed by atoms with Crippen LogP contribution in [0.1, 0.15) is 35.6 Å². The Morgan fingerprint density at radius 3 is 2.67 bits per heavy atom. The molecule has 0 aromatic heterocycles. The van der Waals surface area contributed by atoms with Crippen LogP contribution in [0.3, 0.4) is 0 Å². The van der Waals surface area contributed by atoms with Crippen molar-refractivity contribution in [3.63, 3.8) is 0 Å². The average molecular weight is 330 g/mol. The van der Waals surface area contributed by atoms with Crippen LogP contribution in [0.25, 0.3) is 0 Å². The van der Waals surface area contributed by atoms with Crippen molar-refractivity contribution in [2.24, 2.45) is 0 Å². The fraction of sp³-hybridized carbons (Fsp3) is 0.526. The Balaban J connectivity index is 1.93. The fourth-order valence-electron chi connectivity index (χ4n) is 3.64. The molecule has 2 N–H and O–H groups in total. The van der Waals surface area contributed by atoms with Crippen molar-refractivity contribution in [1.29, 1.82) is 0 Å². The van der Waals surface area contributed by atoms with Gasteiger partial charge in [-0.05, 0) is 50.8 Å². The zero-order valence-corrected chi connectivity index (χ0v) is 15.0. The van der Waals surface area contributed by atoms with Gasteiger partial charge in [0.1, 0.15) is 11.5 Å². The van der Waals surface area contributed by atoms with Gasteiger partial charge in [-0.15, -0.1) is 0 Å². The predicted octanol–water partition coefficient (Wildman–Crippen LogP) is 2.35. The number of nitrogens with one attached hydrogen (secondary N) is 1. The molecule has 1 fully saturated rings. The second-order valence-electron chi connectivity index (χ2n) is 7.12. The Bertz CT molecular complexity index is 726. The minimum absolute atomic E-state index is 0.0126. The third-order valence-corrected chi connectivity index (χ3v) is 5.40. The van der Waals surface area contributed by atoms with Gasteiger partial charge in [-0.3, -0.25) is 4.79 Å². The van der Waals surface area contributed by atoms with Gasteiger partial charge in [0.2, 0.25) is 0 Å². The number of fused-ring (bicyclic) bond motifs is 1. The van der Waals surface area contributed by atoms with Crippen LogP contribution in [0.4, 0.5) is 0 Å². The number of carbonyl (C=O) groups is 1. The van der Waals surface area contributed by atoms with E-state index < -0.39 is 5.60 Å². The van der Waals surface area contributed by atoms with E-state index in [9.17, 15) is 9.90 Å². The van der Waals surface area contributed by atoms with E-state index in [0.29, 0.717) is 25.3 Å². The molecule has 1 atom stereocenters. The molecular weight excluding hydrogens is 304 g/mol. The summed E-state index contributed by atoms with van der Waals surface area (Å²) < 4.78 is 6.26. The zero-order valence-electron chi connectivity index (χ0n) is 15.0. The Morgan fingerprint density at radius 1 is 1.29 bits per heavy atom. The van der Waals surface area contributed by atoms with E-state index in [1.165, 1.54) is 0 Å². The molecule has 1 saturated heterocycles. The number of carbonyl (C=O) groups excluding carboxylic acids is 1. The molecule has 130 valence electrons. The van der Waals surface area contributed by atoms with E-state index in [1.807, 2.05) is 32.6 Å². The summed E-state index contributed by atoms with van der Waals surface area (Å²) in [7, 11) is 0. The van der Waals surface area contributed by atoms with Crippen molar-refractivity contribution in [3.05, 3.63) is 34.5 Å². The van der Waals surface area contributed by atoms with Crippen molar-refractivity contribution in [2.75, 3.05) is 19.6 Å². The van der Waals surface area contributed by atoms with Gasteiger partial charge < -0.3 is 20.1 Å². The molecule has 2 heterocycles. The third-order valence-electron chi connectivity index (χ3n) is 5.40. The highest BCUT2D eigenvalue weighted by molar-refractivity contribution is 5.86. The summed E-state index contributed by atoms with van der Waals surface area (Å²) in [6.07, 6.45) is 1.34. The largest absolute Gasteiger partial charge is 0.507 e. The summed E-state index contributed by atoms with van der Waals surface area (Å²) in [5.41, 5.74) is 3.60. The van der Waals surface area contributed by atoms with Crippen LogP contribution in [0.2, 0.25) is 0 Å². The summed E-state index contributed by atoms with van der Waals surface area (Å²) in [5, 5.41) is 13.4. The van der Waals surface area contributed by atoms with Crippen LogP contribution in [0.15, 0.2) is 12.3 Å². The van der Waals surface area contributed by atoms with E-state index in [0.717, 1.165) is 46.7 Å². The van der Waals surface area contributed by atoms with E-state index in [1.54, 1.807) is 0 Å². The SMILES string of the molecule is C=C1CN(C(=O)C2(C)CCc3c(C)c(O)c(C)c(C)c3O2)CCN1. The summed E-state index contributed by atoms with van der Waals surface area (Å²) in [4.78, 5) is 14.9. The quantitative estimate of drug-likeness (QED) is 0.830. The number of benzene rings is 1. The molecule has 0 saturated carbocycles. The number of rotatable bonds is 1. The maximum Gasteiger partial charge on any atom is 0.266 e. The van der Waals surface area contributed by atoms with Crippen LogP contribution >= 0.6 is 0 Å². The first-order valence-corrected chi connectivity index (χ1v) is 8.46. The number of ether oxygens (including phenoxy) is 1. The molecule has 2 aliphatic heterocycles. The molecular formula is C19H26N2O3. The molecule has 0 aliphatic carbocycles. The van der Waals surface area contributed by atoms with Gasteiger partial charge in [-0.25, -0.2) is 0 Å². The van der Waals surface area contributed by atoms with Gasteiger partial charge in [0, 0.05) is 30.8 Å². The number of amides is 1. The van der Waals surface area contributed by atoms with Crippen molar-refractivity contribution in [1.82, 2.24) is 10.2 Å². The van der Waals surface area contributed by atoms with Gasteiger partial charge in [-0.1, -0.05) is 6.58 Å². The van der Waals surface area contributed by atoms with Gasteiger partial charge in [0.05, 0.1) is 6.54 Å². The fourth-order valence-corrected chi connectivity index (χ4v) is 3.64. The smallest absolute Gasteiger partial charge is 0.266 e. The minimum atomic E-state index is -0.870. The summed E-state index contributed by atoms with van der Waals surface area (Å²) in [6, 6.07) is 0. The number of hydrogen-bond acceptors (Lipinski definition) is 4. The molecule has 5 nitrogen and oxygen atoms in total.